The quantitative estimate of drug-likeness (QED) is 0.376. The van der Waals surface area contributed by atoms with Crippen LogP contribution in [0.5, 0.6) is 5.75 Å². The lowest BCUT2D eigenvalue weighted by atomic mass is 10.1. The summed E-state index contributed by atoms with van der Waals surface area (Å²) in [6.45, 7) is 3.62. The Balaban J connectivity index is 1.92. The van der Waals surface area contributed by atoms with Crippen molar-refractivity contribution in [2.24, 2.45) is 10.9 Å². The Labute approximate surface area is 143 Å². The van der Waals surface area contributed by atoms with E-state index in [-0.39, 0.29) is 12.4 Å². The second kappa shape index (κ2) is 7.78. The van der Waals surface area contributed by atoms with Crippen molar-refractivity contribution in [3.05, 3.63) is 63.6 Å². The van der Waals surface area contributed by atoms with E-state index in [1.54, 1.807) is 12.1 Å². The molecule has 2 aromatic rings. The first-order valence-electron chi connectivity index (χ1n) is 6.95. The van der Waals surface area contributed by atoms with E-state index in [4.69, 9.17) is 15.3 Å². The molecule has 23 heavy (non-hydrogen) atoms. The molecule has 5 nitrogen and oxygen atoms in total. The fourth-order valence-electron chi connectivity index (χ4n) is 1.83. The maximum atomic E-state index is 11.7. The summed E-state index contributed by atoms with van der Waals surface area (Å²) >= 11 is 3.34. The average molecular weight is 377 g/mol. The number of ether oxygens (including phenoxy) is 1. The van der Waals surface area contributed by atoms with Crippen LogP contribution in [0, 0.1) is 13.8 Å². The summed E-state index contributed by atoms with van der Waals surface area (Å²) in [7, 11) is 0. The molecule has 0 fully saturated rings. The van der Waals surface area contributed by atoms with Crippen LogP contribution in [0.3, 0.4) is 0 Å². The monoisotopic (exact) mass is 376 g/mol. The molecule has 2 rings (SSSR count). The van der Waals surface area contributed by atoms with Crippen LogP contribution < -0.4 is 10.5 Å². The smallest absolute Gasteiger partial charge is 0.372 e. The normalized spacial score (nSPS) is 11.2. The molecule has 0 aliphatic rings. The van der Waals surface area contributed by atoms with Gasteiger partial charge in [0.15, 0.2) is 12.4 Å². The van der Waals surface area contributed by atoms with E-state index in [2.05, 4.69) is 21.1 Å². The minimum atomic E-state index is -0.621. The van der Waals surface area contributed by atoms with Crippen LogP contribution in [-0.4, -0.2) is 18.4 Å². The van der Waals surface area contributed by atoms with Crippen LogP contribution in [-0.2, 0) is 9.63 Å². The van der Waals surface area contributed by atoms with Crippen molar-refractivity contribution in [3.63, 3.8) is 0 Å². The van der Waals surface area contributed by atoms with Crippen molar-refractivity contribution < 1.29 is 14.4 Å². The number of benzene rings is 2. The highest BCUT2D eigenvalue weighted by atomic mass is 79.9. The fraction of sp³-hybridized carbons (Fsp3) is 0.176. The van der Waals surface area contributed by atoms with Crippen LogP contribution in [0.1, 0.15) is 16.7 Å². The number of hydrogen-bond donors (Lipinski definition) is 1. The van der Waals surface area contributed by atoms with Crippen molar-refractivity contribution >= 4 is 27.7 Å². The van der Waals surface area contributed by atoms with Crippen molar-refractivity contribution in [2.45, 2.75) is 13.8 Å². The summed E-state index contributed by atoms with van der Waals surface area (Å²) in [5.41, 5.74) is 8.43. The van der Waals surface area contributed by atoms with Crippen LogP contribution in [0.4, 0.5) is 0 Å². The van der Waals surface area contributed by atoms with Gasteiger partial charge in [-0.25, -0.2) is 4.79 Å². The molecule has 120 valence electrons. The van der Waals surface area contributed by atoms with Crippen LogP contribution in [0.25, 0.3) is 0 Å². The van der Waals surface area contributed by atoms with Crippen molar-refractivity contribution in [1.82, 2.24) is 0 Å². The number of carbonyl (C=O) groups excluding carboxylic acids is 1. The predicted octanol–water partition coefficient (Wildman–Crippen LogP) is 3.31. The third kappa shape index (κ3) is 5.10. The van der Waals surface area contributed by atoms with E-state index in [9.17, 15) is 4.79 Å². The Hall–Kier alpha value is -2.34. The highest BCUT2D eigenvalue weighted by Gasteiger charge is 2.08. The lowest BCUT2D eigenvalue weighted by molar-refractivity contribution is -0.146. The van der Waals surface area contributed by atoms with Crippen LogP contribution >= 0.6 is 15.9 Å². The van der Waals surface area contributed by atoms with Crippen LogP contribution in [0.15, 0.2) is 52.1 Å². The SMILES string of the molecule is Cc1ccc(C)c(OCC(=O)O/N=C(\N)c2cccc(Br)c2)c1. The maximum absolute atomic E-state index is 11.7. The molecule has 0 amide bonds. The highest BCUT2D eigenvalue weighted by molar-refractivity contribution is 9.10. The summed E-state index contributed by atoms with van der Waals surface area (Å²) in [5, 5.41) is 3.63. The first kappa shape index (κ1) is 17.0. The molecule has 2 N–H and O–H groups in total. The average Bonchev–Trinajstić information content (AvgIpc) is 2.53. The third-order valence-corrected chi connectivity index (χ3v) is 3.55. The molecule has 0 heterocycles. The van der Waals surface area contributed by atoms with E-state index in [1.807, 2.05) is 44.2 Å². The first-order valence-corrected chi connectivity index (χ1v) is 7.74. The number of hydrogen-bond acceptors (Lipinski definition) is 4. The Morgan fingerprint density at radius 3 is 2.74 bits per heavy atom. The van der Waals surface area contributed by atoms with Gasteiger partial charge in [0.05, 0.1) is 0 Å². The van der Waals surface area contributed by atoms with Crippen LogP contribution in [0.2, 0.25) is 0 Å². The number of halogens is 1. The minimum absolute atomic E-state index is 0.117. The number of carbonyl (C=O) groups is 1. The molecule has 0 aliphatic heterocycles. The molecule has 2 aromatic carbocycles. The van der Waals surface area contributed by atoms with E-state index >= 15 is 0 Å². The number of nitrogens with zero attached hydrogens (tertiary/aromatic N) is 1. The zero-order chi connectivity index (χ0) is 16.8. The number of amidine groups is 1. The van der Waals surface area contributed by atoms with E-state index < -0.39 is 5.97 Å². The summed E-state index contributed by atoms with van der Waals surface area (Å²) in [4.78, 5) is 16.5. The molecule has 0 aliphatic carbocycles. The molecule has 6 heteroatoms. The number of nitrogens with two attached hydrogens (primary N) is 1. The Kier molecular flexibility index (Phi) is 5.76. The number of oxime groups is 1. The maximum Gasteiger partial charge on any atom is 0.372 e. The molecule has 0 radical (unpaired) electrons. The van der Waals surface area contributed by atoms with Crippen molar-refractivity contribution in [3.8, 4) is 5.75 Å². The van der Waals surface area contributed by atoms with E-state index in [0.717, 1.165) is 15.6 Å². The number of rotatable bonds is 5. The summed E-state index contributed by atoms with van der Waals surface area (Å²) in [5.74, 6) is 0.140. The largest absolute Gasteiger partial charge is 0.482 e. The molecule has 0 unspecified atom stereocenters. The lowest BCUT2D eigenvalue weighted by Gasteiger charge is -2.08. The van der Waals surface area contributed by atoms with Gasteiger partial charge in [0.1, 0.15) is 5.75 Å². The van der Waals surface area contributed by atoms with Gasteiger partial charge in [0.2, 0.25) is 0 Å². The van der Waals surface area contributed by atoms with Gasteiger partial charge in [-0.2, -0.15) is 0 Å². The second-order valence-corrected chi connectivity index (χ2v) is 5.92. The van der Waals surface area contributed by atoms with Crippen molar-refractivity contribution in [1.29, 1.82) is 0 Å². The minimum Gasteiger partial charge on any atom is -0.482 e. The van der Waals surface area contributed by atoms with Gasteiger partial charge in [0.25, 0.3) is 0 Å². The summed E-state index contributed by atoms with van der Waals surface area (Å²) in [6, 6.07) is 13.0. The summed E-state index contributed by atoms with van der Waals surface area (Å²) in [6.07, 6.45) is 0. The number of aryl methyl sites for hydroxylation is 2. The Bertz CT molecular complexity index is 744. The van der Waals surface area contributed by atoms with Gasteiger partial charge in [-0.1, -0.05) is 45.4 Å². The van der Waals surface area contributed by atoms with Gasteiger partial charge in [0, 0.05) is 10.0 Å². The van der Waals surface area contributed by atoms with Gasteiger partial charge in [-0.05, 0) is 43.2 Å². The summed E-state index contributed by atoms with van der Waals surface area (Å²) < 4.78 is 6.30. The van der Waals surface area contributed by atoms with Gasteiger partial charge in [-0.3, -0.25) is 0 Å². The Morgan fingerprint density at radius 2 is 2.00 bits per heavy atom. The van der Waals surface area contributed by atoms with Gasteiger partial charge >= 0.3 is 5.97 Å². The van der Waals surface area contributed by atoms with E-state index in [0.29, 0.717) is 11.3 Å². The zero-order valence-corrected chi connectivity index (χ0v) is 14.5. The molecular formula is C17H17BrN2O3. The first-order chi connectivity index (χ1) is 11.0. The van der Waals surface area contributed by atoms with E-state index in [1.165, 1.54) is 0 Å². The van der Waals surface area contributed by atoms with Gasteiger partial charge in [-0.15, -0.1) is 0 Å². The molecule has 0 bridgehead atoms. The molecule has 0 atom stereocenters. The molecule has 0 spiro atoms. The second-order valence-electron chi connectivity index (χ2n) is 5.01. The fourth-order valence-corrected chi connectivity index (χ4v) is 2.23. The standard InChI is InChI=1S/C17H17BrN2O3/c1-11-6-7-12(2)15(8-11)22-10-16(21)23-20-17(19)13-4-3-5-14(18)9-13/h3-9H,10H2,1-2H3,(H2,19,20). The molecule has 0 aromatic heterocycles. The Morgan fingerprint density at radius 1 is 1.22 bits per heavy atom. The topological polar surface area (TPSA) is 73.9 Å². The molecule has 0 saturated carbocycles. The van der Waals surface area contributed by atoms with Gasteiger partial charge < -0.3 is 15.3 Å². The van der Waals surface area contributed by atoms with Crippen molar-refractivity contribution in [2.75, 3.05) is 6.61 Å². The highest BCUT2D eigenvalue weighted by Crippen LogP contribution is 2.19. The predicted molar refractivity (Wildman–Crippen MR) is 92.4 cm³/mol. The lowest BCUT2D eigenvalue weighted by Crippen LogP contribution is -2.18. The molecular weight excluding hydrogens is 360 g/mol. The molecule has 0 saturated heterocycles. The zero-order valence-electron chi connectivity index (χ0n) is 12.9. The third-order valence-electron chi connectivity index (χ3n) is 3.06.